The molecule has 0 amide bonds. The molecular formula is C13H15N5OS2. The number of anilines is 1. The maximum atomic E-state index is 12.0. The largest absolute Gasteiger partial charge is 0.344 e. The molecule has 110 valence electrons. The topological polar surface area (TPSA) is 63.4 Å². The smallest absolute Gasteiger partial charge is 0.275 e. The van der Waals surface area contributed by atoms with Gasteiger partial charge < -0.3 is 4.90 Å². The van der Waals surface area contributed by atoms with Gasteiger partial charge in [0.2, 0.25) is 10.1 Å². The number of rotatable bonds is 4. The number of hydrogen-bond acceptors (Lipinski definition) is 7. The Morgan fingerprint density at radius 1 is 1.33 bits per heavy atom. The number of aromatic nitrogens is 4. The van der Waals surface area contributed by atoms with Crippen molar-refractivity contribution < 1.29 is 0 Å². The number of aryl methyl sites for hydroxylation is 2. The van der Waals surface area contributed by atoms with Crippen LogP contribution in [0.4, 0.5) is 5.13 Å². The zero-order valence-corrected chi connectivity index (χ0v) is 13.7. The third-order valence-electron chi connectivity index (χ3n) is 3.04. The zero-order chi connectivity index (χ0) is 15.0. The first kappa shape index (κ1) is 14.2. The molecule has 0 radical (unpaired) electrons. The normalized spacial score (nSPS) is 11.2. The Morgan fingerprint density at radius 2 is 2.14 bits per heavy atom. The Hall–Kier alpha value is -1.80. The Balaban J connectivity index is 1.93. The highest BCUT2D eigenvalue weighted by atomic mass is 32.1. The monoisotopic (exact) mass is 321 g/mol. The molecule has 0 saturated heterocycles. The van der Waals surface area contributed by atoms with Gasteiger partial charge in [0.1, 0.15) is 0 Å². The summed E-state index contributed by atoms with van der Waals surface area (Å²) >= 11 is 3.05. The van der Waals surface area contributed by atoms with Gasteiger partial charge in [0.05, 0.1) is 17.2 Å². The summed E-state index contributed by atoms with van der Waals surface area (Å²) in [4.78, 5) is 23.5. The molecule has 0 atom stereocenters. The lowest BCUT2D eigenvalue weighted by atomic mass is 10.3. The van der Waals surface area contributed by atoms with Crippen LogP contribution in [0.5, 0.6) is 0 Å². The second-order valence-electron chi connectivity index (χ2n) is 4.73. The molecule has 0 aromatic carbocycles. The van der Waals surface area contributed by atoms with E-state index in [2.05, 4.69) is 15.1 Å². The molecule has 0 spiro atoms. The van der Waals surface area contributed by atoms with Crippen molar-refractivity contribution in [2.75, 3.05) is 11.9 Å². The highest BCUT2D eigenvalue weighted by Crippen LogP contribution is 2.22. The average molecular weight is 321 g/mol. The van der Waals surface area contributed by atoms with Crippen molar-refractivity contribution >= 4 is 32.8 Å². The summed E-state index contributed by atoms with van der Waals surface area (Å²) in [5.41, 5.74) is 1.68. The van der Waals surface area contributed by atoms with E-state index in [9.17, 15) is 4.79 Å². The van der Waals surface area contributed by atoms with Crippen molar-refractivity contribution in [3.8, 4) is 0 Å². The molecule has 0 saturated carbocycles. The maximum absolute atomic E-state index is 12.0. The number of fused-ring (bicyclic) bond motifs is 1. The third kappa shape index (κ3) is 2.81. The van der Waals surface area contributed by atoms with Gasteiger partial charge >= 0.3 is 0 Å². The van der Waals surface area contributed by atoms with Crippen LogP contribution in [-0.4, -0.2) is 26.6 Å². The fourth-order valence-electron chi connectivity index (χ4n) is 1.97. The van der Waals surface area contributed by atoms with Crippen molar-refractivity contribution in [2.24, 2.45) is 0 Å². The summed E-state index contributed by atoms with van der Waals surface area (Å²) in [5.74, 6) is 0. The predicted octanol–water partition coefficient (Wildman–Crippen LogP) is 2.11. The van der Waals surface area contributed by atoms with E-state index in [1.807, 2.05) is 31.2 Å². The zero-order valence-electron chi connectivity index (χ0n) is 12.0. The minimum atomic E-state index is -0.128. The van der Waals surface area contributed by atoms with E-state index in [0.717, 1.165) is 27.9 Å². The van der Waals surface area contributed by atoms with Crippen LogP contribution in [0.3, 0.4) is 0 Å². The predicted molar refractivity (Wildman–Crippen MR) is 85.5 cm³/mol. The summed E-state index contributed by atoms with van der Waals surface area (Å²) in [6.07, 6.45) is 0.743. The average Bonchev–Trinajstić information content (AvgIpc) is 3.05. The SMILES string of the molecule is CCc1cc(=O)n2nc(N(C)Cc3csc(C)n3)sc2n1. The Bertz CT molecular complexity index is 835. The molecular weight excluding hydrogens is 306 g/mol. The minimum Gasteiger partial charge on any atom is -0.344 e. The Kier molecular flexibility index (Phi) is 3.73. The van der Waals surface area contributed by atoms with Gasteiger partial charge in [-0.25, -0.2) is 9.97 Å². The Labute approximate surface area is 129 Å². The number of nitrogens with zero attached hydrogens (tertiary/aromatic N) is 5. The van der Waals surface area contributed by atoms with Crippen LogP contribution in [0.15, 0.2) is 16.2 Å². The van der Waals surface area contributed by atoms with Crippen LogP contribution in [-0.2, 0) is 13.0 Å². The maximum Gasteiger partial charge on any atom is 0.275 e. The number of thiazole rings is 1. The van der Waals surface area contributed by atoms with E-state index in [1.54, 1.807) is 17.4 Å². The molecule has 8 heteroatoms. The van der Waals surface area contributed by atoms with Gasteiger partial charge in [-0.05, 0) is 13.3 Å². The first-order valence-electron chi connectivity index (χ1n) is 6.58. The third-order valence-corrected chi connectivity index (χ3v) is 4.89. The molecule has 0 unspecified atom stereocenters. The van der Waals surface area contributed by atoms with Crippen molar-refractivity contribution in [3.63, 3.8) is 0 Å². The van der Waals surface area contributed by atoms with Gasteiger partial charge in [-0.1, -0.05) is 18.3 Å². The van der Waals surface area contributed by atoms with Gasteiger partial charge in [-0.3, -0.25) is 4.79 Å². The summed E-state index contributed by atoms with van der Waals surface area (Å²) in [5, 5.41) is 8.20. The van der Waals surface area contributed by atoms with Gasteiger partial charge in [0, 0.05) is 24.2 Å². The molecule has 3 rings (SSSR count). The van der Waals surface area contributed by atoms with Crippen LogP contribution in [0, 0.1) is 6.92 Å². The quantitative estimate of drug-likeness (QED) is 0.736. The fourth-order valence-corrected chi connectivity index (χ4v) is 3.46. The van der Waals surface area contributed by atoms with Crippen LogP contribution < -0.4 is 10.5 Å². The minimum absolute atomic E-state index is 0.128. The first-order chi connectivity index (χ1) is 10.1. The lowest BCUT2D eigenvalue weighted by Crippen LogP contribution is -2.19. The van der Waals surface area contributed by atoms with Gasteiger partial charge in [-0.2, -0.15) is 4.52 Å². The van der Waals surface area contributed by atoms with Gasteiger partial charge in [0.25, 0.3) is 5.56 Å². The molecule has 3 aromatic heterocycles. The lowest BCUT2D eigenvalue weighted by Gasteiger charge is -2.12. The van der Waals surface area contributed by atoms with Gasteiger partial charge in [0.15, 0.2) is 0 Å². The molecule has 0 aliphatic heterocycles. The standard InChI is InChI=1S/C13H15N5OS2/c1-4-9-5-11(19)18-12(15-9)21-13(16-18)17(3)6-10-7-20-8(2)14-10/h5,7H,4,6H2,1-3H3. The highest BCUT2D eigenvalue weighted by Gasteiger charge is 2.13. The van der Waals surface area contributed by atoms with E-state index >= 15 is 0 Å². The Morgan fingerprint density at radius 3 is 2.81 bits per heavy atom. The highest BCUT2D eigenvalue weighted by molar-refractivity contribution is 7.20. The second-order valence-corrected chi connectivity index (χ2v) is 6.73. The van der Waals surface area contributed by atoms with E-state index in [4.69, 9.17) is 0 Å². The van der Waals surface area contributed by atoms with Crippen molar-refractivity contribution in [3.05, 3.63) is 38.2 Å². The molecule has 0 aliphatic carbocycles. The van der Waals surface area contributed by atoms with E-state index < -0.39 is 0 Å². The molecule has 6 nitrogen and oxygen atoms in total. The molecule has 0 fully saturated rings. The van der Waals surface area contributed by atoms with E-state index in [0.29, 0.717) is 11.5 Å². The number of hydrogen-bond donors (Lipinski definition) is 0. The van der Waals surface area contributed by atoms with E-state index in [-0.39, 0.29) is 5.56 Å². The fraction of sp³-hybridized carbons (Fsp3) is 0.385. The van der Waals surface area contributed by atoms with Crippen LogP contribution >= 0.6 is 22.7 Å². The van der Waals surface area contributed by atoms with Crippen molar-refractivity contribution in [1.29, 1.82) is 0 Å². The molecule has 0 bridgehead atoms. The van der Waals surface area contributed by atoms with Crippen LogP contribution in [0.2, 0.25) is 0 Å². The van der Waals surface area contributed by atoms with Crippen molar-refractivity contribution in [1.82, 2.24) is 19.6 Å². The molecule has 21 heavy (non-hydrogen) atoms. The molecule has 3 aromatic rings. The van der Waals surface area contributed by atoms with Crippen LogP contribution in [0.1, 0.15) is 23.3 Å². The van der Waals surface area contributed by atoms with E-state index in [1.165, 1.54) is 15.9 Å². The first-order valence-corrected chi connectivity index (χ1v) is 8.28. The summed E-state index contributed by atoms with van der Waals surface area (Å²) in [6, 6.07) is 1.54. The molecule has 0 aliphatic rings. The summed E-state index contributed by atoms with van der Waals surface area (Å²) in [6.45, 7) is 4.64. The molecule has 0 N–H and O–H groups in total. The van der Waals surface area contributed by atoms with Gasteiger partial charge in [-0.15, -0.1) is 16.4 Å². The summed E-state index contributed by atoms with van der Waals surface area (Å²) in [7, 11) is 1.94. The van der Waals surface area contributed by atoms with Crippen molar-refractivity contribution in [2.45, 2.75) is 26.8 Å². The molecule has 3 heterocycles. The second kappa shape index (κ2) is 5.53. The summed E-state index contributed by atoms with van der Waals surface area (Å²) < 4.78 is 1.36. The lowest BCUT2D eigenvalue weighted by molar-refractivity contribution is 0.826. The van der Waals surface area contributed by atoms with Crippen LogP contribution in [0.25, 0.3) is 4.96 Å².